The normalized spacial score (nSPS) is 14.4. The lowest BCUT2D eigenvalue weighted by Gasteiger charge is -2.14. The van der Waals surface area contributed by atoms with Gasteiger partial charge in [0.15, 0.2) is 0 Å². The summed E-state index contributed by atoms with van der Waals surface area (Å²) >= 11 is 0. The van der Waals surface area contributed by atoms with Gasteiger partial charge >= 0.3 is 12.1 Å². The van der Waals surface area contributed by atoms with Gasteiger partial charge in [0.1, 0.15) is 6.04 Å². The van der Waals surface area contributed by atoms with Crippen LogP contribution in [0.4, 0.5) is 13.2 Å². The number of aliphatic carboxylic acids is 1. The molecule has 0 saturated carbocycles. The van der Waals surface area contributed by atoms with Crippen molar-refractivity contribution in [3.63, 3.8) is 0 Å². The van der Waals surface area contributed by atoms with E-state index in [9.17, 15) is 27.6 Å². The number of carbonyl (C=O) groups is 3. The molecule has 9 heteroatoms. The fraction of sp³-hybridized carbons (Fsp3) is 0.727. The molecule has 0 aliphatic rings. The second-order valence-electron chi connectivity index (χ2n) is 4.34. The van der Waals surface area contributed by atoms with E-state index in [0.717, 1.165) is 6.92 Å². The first-order valence-corrected chi connectivity index (χ1v) is 5.94. The molecule has 0 bridgehead atoms. The summed E-state index contributed by atoms with van der Waals surface area (Å²) in [5.74, 6) is -3.86. The first kappa shape index (κ1) is 18.4. The van der Waals surface area contributed by atoms with Gasteiger partial charge in [-0.15, -0.1) is 0 Å². The van der Waals surface area contributed by atoms with Gasteiger partial charge in [-0.05, 0) is 19.8 Å². The number of halogens is 3. The maximum Gasteiger partial charge on any atom is 0.452 e. The van der Waals surface area contributed by atoms with Crippen LogP contribution in [-0.2, 0) is 14.4 Å². The number of unbranched alkanes of at least 4 members (excludes halogenated alkanes) is 1. The number of Topliss-reactive ketones (excluding diaryl/α,β-unsaturated/α-hetero) is 1. The largest absolute Gasteiger partial charge is 0.480 e. The molecule has 4 N–H and O–H groups in total. The zero-order chi connectivity index (χ0) is 15.9. The Balaban J connectivity index is 3.95. The SMILES string of the molecule is CC(NC(=O)CCCCC(N)C(=O)O)C(=O)C(F)(F)F. The molecular formula is C11H17F3N2O4. The minimum absolute atomic E-state index is 0.0954. The average Bonchev–Trinajstić information content (AvgIpc) is 2.31. The number of alkyl halides is 3. The highest BCUT2D eigenvalue weighted by atomic mass is 19.4. The van der Waals surface area contributed by atoms with Crippen molar-refractivity contribution in [2.45, 2.75) is 50.9 Å². The van der Waals surface area contributed by atoms with Gasteiger partial charge in [-0.25, -0.2) is 0 Å². The molecule has 2 atom stereocenters. The number of rotatable bonds is 8. The zero-order valence-electron chi connectivity index (χ0n) is 10.9. The van der Waals surface area contributed by atoms with Gasteiger partial charge < -0.3 is 16.2 Å². The molecule has 2 unspecified atom stereocenters. The maximum absolute atomic E-state index is 12.1. The zero-order valence-corrected chi connectivity index (χ0v) is 10.9. The van der Waals surface area contributed by atoms with E-state index in [1.54, 1.807) is 0 Å². The lowest BCUT2D eigenvalue weighted by molar-refractivity contribution is -0.173. The average molecular weight is 298 g/mol. The summed E-state index contributed by atoms with van der Waals surface area (Å²) < 4.78 is 36.2. The smallest absolute Gasteiger partial charge is 0.452 e. The minimum Gasteiger partial charge on any atom is -0.480 e. The molecule has 6 nitrogen and oxygen atoms in total. The Morgan fingerprint density at radius 3 is 2.25 bits per heavy atom. The maximum atomic E-state index is 12.1. The highest BCUT2D eigenvalue weighted by molar-refractivity contribution is 5.92. The Bertz CT molecular complexity index is 371. The summed E-state index contributed by atoms with van der Waals surface area (Å²) in [5, 5.41) is 10.4. The van der Waals surface area contributed by atoms with Gasteiger partial charge in [0.05, 0.1) is 6.04 Å². The Morgan fingerprint density at radius 2 is 1.80 bits per heavy atom. The van der Waals surface area contributed by atoms with Gasteiger partial charge in [-0.1, -0.05) is 6.42 Å². The number of hydrogen-bond donors (Lipinski definition) is 3. The molecule has 20 heavy (non-hydrogen) atoms. The first-order valence-electron chi connectivity index (χ1n) is 5.94. The van der Waals surface area contributed by atoms with Gasteiger partial charge in [0, 0.05) is 6.42 Å². The molecule has 0 aromatic heterocycles. The molecular weight excluding hydrogens is 281 g/mol. The molecule has 0 saturated heterocycles. The fourth-order valence-corrected chi connectivity index (χ4v) is 1.40. The summed E-state index contributed by atoms with van der Waals surface area (Å²) in [6, 6.07) is -2.66. The van der Waals surface area contributed by atoms with Crippen molar-refractivity contribution in [1.29, 1.82) is 0 Å². The fourth-order valence-electron chi connectivity index (χ4n) is 1.40. The van der Waals surface area contributed by atoms with Crippen LogP contribution in [0.25, 0.3) is 0 Å². The van der Waals surface area contributed by atoms with Crippen LogP contribution >= 0.6 is 0 Å². The van der Waals surface area contributed by atoms with Crippen LogP contribution in [0.3, 0.4) is 0 Å². The number of nitrogens with two attached hydrogens (primary N) is 1. The highest BCUT2D eigenvalue weighted by Crippen LogP contribution is 2.17. The van der Waals surface area contributed by atoms with Crippen LogP contribution in [0.5, 0.6) is 0 Å². The van der Waals surface area contributed by atoms with Crippen molar-refractivity contribution in [2.75, 3.05) is 0 Å². The predicted molar refractivity (Wildman–Crippen MR) is 62.7 cm³/mol. The van der Waals surface area contributed by atoms with E-state index >= 15 is 0 Å². The van der Waals surface area contributed by atoms with Gasteiger partial charge in [0.2, 0.25) is 5.91 Å². The quantitative estimate of drug-likeness (QED) is 0.568. The second-order valence-corrected chi connectivity index (χ2v) is 4.34. The van der Waals surface area contributed by atoms with Crippen molar-refractivity contribution in [3.05, 3.63) is 0 Å². The number of amides is 1. The predicted octanol–water partition coefficient (Wildman–Crippen LogP) is 0.595. The Hall–Kier alpha value is -1.64. The molecule has 0 aromatic carbocycles. The van der Waals surface area contributed by atoms with Crippen molar-refractivity contribution < 1.29 is 32.7 Å². The standard InChI is InChI=1S/C11H17F3N2O4/c1-6(9(18)11(12,13)14)16-8(17)5-3-2-4-7(15)10(19)20/h6-7H,2-5,15H2,1H3,(H,16,17)(H,19,20). The first-order chi connectivity index (χ1) is 9.05. The monoisotopic (exact) mass is 298 g/mol. The topological polar surface area (TPSA) is 109 Å². The molecule has 0 radical (unpaired) electrons. The van der Waals surface area contributed by atoms with Crippen LogP contribution in [0.1, 0.15) is 32.6 Å². The van der Waals surface area contributed by atoms with Gasteiger partial charge in [-0.3, -0.25) is 14.4 Å². The third-order valence-corrected chi connectivity index (χ3v) is 2.54. The highest BCUT2D eigenvalue weighted by Gasteiger charge is 2.41. The summed E-state index contributed by atoms with van der Waals surface area (Å²) in [4.78, 5) is 32.5. The Labute approximate surface area is 113 Å². The van der Waals surface area contributed by atoms with Crippen LogP contribution in [0.2, 0.25) is 0 Å². The van der Waals surface area contributed by atoms with Gasteiger partial charge in [0.25, 0.3) is 5.78 Å². The van der Waals surface area contributed by atoms with E-state index in [-0.39, 0.29) is 19.3 Å². The van der Waals surface area contributed by atoms with Crippen molar-refractivity contribution in [2.24, 2.45) is 5.73 Å². The second kappa shape index (κ2) is 7.83. The van der Waals surface area contributed by atoms with E-state index < -0.39 is 35.9 Å². The summed E-state index contributed by atoms with van der Waals surface area (Å²) in [5.41, 5.74) is 5.23. The molecule has 0 spiro atoms. The Kier molecular flexibility index (Phi) is 7.19. The molecule has 116 valence electrons. The number of carboxylic acid groups (broad SMARTS) is 1. The summed E-state index contributed by atoms with van der Waals surface area (Å²) in [7, 11) is 0. The van der Waals surface area contributed by atoms with Crippen LogP contribution in [0.15, 0.2) is 0 Å². The van der Waals surface area contributed by atoms with E-state index in [0.29, 0.717) is 6.42 Å². The molecule has 0 heterocycles. The van der Waals surface area contributed by atoms with E-state index in [1.165, 1.54) is 0 Å². The third-order valence-electron chi connectivity index (χ3n) is 2.54. The minimum atomic E-state index is -4.99. The molecule has 0 rings (SSSR count). The molecule has 0 fully saturated rings. The molecule has 1 amide bonds. The van der Waals surface area contributed by atoms with Crippen molar-refractivity contribution in [1.82, 2.24) is 5.32 Å². The molecule has 0 aliphatic heterocycles. The van der Waals surface area contributed by atoms with Crippen molar-refractivity contribution in [3.8, 4) is 0 Å². The van der Waals surface area contributed by atoms with E-state index in [1.807, 2.05) is 5.32 Å². The number of nitrogens with one attached hydrogen (secondary N) is 1. The molecule has 0 aliphatic carbocycles. The van der Waals surface area contributed by atoms with Crippen LogP contribution < -0.4 is 11.1 Å². The molecule has 0 aromatic rings. The van der Waals surface area contributed by atoms with E-state index in [4.69, 9.17) is 10.8 Å². The van der Waals surface area contributed by atoms with Crippen LogP contribution in [0, 0.1) is 0 Å². The van der Waals surface area contributed by atoms with E-state index in [2.05, 4.69) is 0 Å². The van der Waals surface area contributed by atoms with Gasteiger partial charge in [-0.2, -0.15) is 13.2 Å². The number of ketones is 1. The summed E-state index contributed by atoms with van der Waals surface area (Å²) in [6.45, 7) is 0.952. The lowest BCUT2D eigenvalue weighted by Crippen LogP contribution is -2.44. The van der Waals surface area contributed by atoms with Crippen molar-refractivity contribution >= 4 is 17.7 Å². The van der Waals surface area contributed by atoms with Crippen LogP contribution in [-0.4, -0.2) is 41.0 Å². The third kappa shape index (κ3) is 7.07. The lowest BCUT2D eigenvalue weighted by atomic mass is 10.1. The number of carboxylic acids is 1. The Morgan fingerprint density at radius 1 is 1.25 bits per heavy atom. The number of carbonyl (C=O) groups excluding carboxylic acids is 2. The number of hydrogen-bond acceptors (Lipinski definition) is 4. The summed E-state index contributed by atoms with van der Waals surface area (Å²) in [6.07, 6.45) is -4.29.